The van der Waals surface area contributed by atoms with Crippen LogP contribution in [-0.4, -0.2) is 33.9 Å². The van der Waals surface area contributed by atoms with Crippen LogP contribution in [0.15, 0.2) is 48.7 Å². The second-order valence-electron chi connectivity index (χ2n) is 7.29. The number of nitrogens with one attached hydrogen (secondary N) is 1. The first-order chi connectivity index (χ1) is 14.9. The second kappa shape index (κ2) is 10.4. The minimum atomic E-state index is -5.08. The molecule has 172 valence electrons. The Bertz CT molecular complexity index is 1090. The average Bonchev–Trinajstić information content (AvgIpc) is 2.72. The zero-order valence-corrected chi connectivity index (χ0v) is 17.1. The molecule has 3 rings (SSSR count). The van der Waals surface area contributed by atoms with Gasteiger partial charge in [-0.05, 0) is 36.2 Å². The Hall–Kier alpha value is -3.27. The van der Waals surface area contributed by atoms with Crippen LogP contribution >= 0.6 is 0 Å². The highest BCUT2D eigenvalue weighted by Gasteiger charge is 2.38. The van der Waals surface area contributed by atoms with Gasteiger partial charge in [-0.1, -0.05) is 38.1 Å². The third kappa shape index (κ3) is 6.36. The van der Waals surface area contributed by atoms with Crippen LogP contribution in [-0.2, 0) is 4.79 Å². The maximum atomic E-state index is 13.7. The Morgan fingerprint density at radius 1 is 1.09 bits per heavy atom. The standard InChI is InChI=1S/C20H20F2N2O.C2HF3O2/c1-12(2)11-24-18(14-6-8-16(21)17(22)10-14)15-7-5-13-4-3-9-23-19(13)20(15)25;3-2(4,5)1(6)7/h3-10,12,18,24-25H,11H2,1-2H3;(H,6,7). The number of phenols is 1. The average molecular weight is 456 g/mol. The lowest BCUT2D eigenvalue weighted by molar-refractivity contribution is -0.192. The van der Waals surface area contributed by atoms with E-state index < -0.39 is 29.8 Å². The maximum Gasteiger partial charge on any atom is 0.490 e. The van der Waals surface area contributed by atoms with Gasteiger partial charge in [0.05, 0.1) is 6.04 Å². The van der Waals surface area contributed by atoms with E-state index in [2.05, 4.69) is 24.1 Å². The number of pyridine rings is 1. The lowest BCUT2D eigenvalue weighted by atomic mass is 9.95. The van der Waals surface area contributed by atoms with Crippen molar-refractivity contribution >= 4 is 16.9 Å². The first-order valence-electron chi connectivity index (χ1n) is 9.46. The van der Waals surface area contributed by atoms with Crippen molar-refractivity contribution in [1.29, 1.82) is 0 Å². The number of carbonyl (C=O) groups is 1. The molecule has 1 heterocycles. The van der Waals surface area contributed by atoms with Crippen molar-refractivity contribution in [2.24, 2.45) is 5.92 Å². The molecular formula is C22H21F5N2O3. The molecule has 0 spiro atoms. The monoisotopic (exact) mass is 456 g/mol. The van der Waals surface area contributed by atoms with Gasteiger partial charge >= 0.3 is 12.1 Å². The summed E-state index contributed by atoms with van der Waals surface area (Å²) in [5.74, 6) is -4.16. The number of rotatable bonds is 5. The van der Waals surface area contributed by atoms with Crippen LogP contribution in [0, 0.1) is 17.6 Å². The number of hydrogen-bond acceptors (Lipinski definition) is 4. The molecule has 3 N–H and O–H groups in total. The number of nitrogens with zero attached hydrogens (tertiary/aromatic N) is 1. The van der Waals surface area contributed by atoms with Crippen molar-refractivity contribution in [2.75, 3.05) is 6.54 Å². The highest BCUT2D eigenvalue weighted by molar-refractivity contribution is 5.85. The van der Waals surface area contributed by atoms with Gasteiger partial charge in [-0.3, -0.25) is 4.98 Å². The van der Waals surface area contributed by atoms with E-state index in [1.807, 2.05) is 12.1 Å². The summed E-state index contributed by atoms with van der Waals surface area (Å²) in [6.45, 7) is 4.76. The van der Waals surface area contributed by atoms with Gasteiger partial charge < -0.3 is 15.5 Å². The van der Waals surface area contributed by atoms with Crippen molar-refractivity contribution in [3.63, 3.8) is 0 Å². The van der Waals surface area contributed by atoms with E-state index in [0.29, 0.717) is 29.1 Å². The zero-order valence-electron chi connectivity index (χ0n) is 17.1. The first-order valence-corrected chi connectivity index (χ1v) is 9.46. The molecule has 32 heavy (non-hydrogen) atoms. The maximum absolute atomic E-state index is 13.7. The highest BCUT2D eigenvalue weighted by Crippen LogP contribution is 2.34. The fraction of sp³-hybridized carbons (Fsp3) is 0.273. The summed E-state index contributed by atoms with van der Waals surface area (Å²) >= 11 is 0. The Labute approximate surface area is 180 Å². The number of halogens is 5. The number of fused-ring (bicyclic) bond motifs is 1. The van der Waals surface area contributed by atoms with Gasteiger partial charge in [0.1, 0.15) is 11.3 Å². The van der Waals surface area contributed by atoms with E-state index in [1.165, 1.54) is 6.07 Å². The summed E-state index contributed by atoms with van der Waals surface area (Å²) in [5.41, 5.74) is 1.61. The molecule has 1 unspecified atom stereocenters. The van der Waals surface area contributed by atoms with Crippen LogP contribution < -0.4 is 5.32 Å². The van der Waals surface area contributed by atoms with E-state index in [-0.39, 0.29) is 5.75 Å². The number of carboxylic acid groups (broad SMARTS) is 1. The number of carboxylic acids is 1. The number of aromatic nitrogens is 1. The normalized spacial score (nSPS) is 12.4. The summed E-state index contributed by atoms with van der Waals surface area (Å²) in [7, 11) is 0. The van der Waals surface area contributed by atoms with Gasteiger partial charge in [-0.25, -0.2) is 13.6 Å². The number of alkyl halides is 3. The van der Waals surface area contributed by atoms with Gasteiger partial charge in [0, 0.05) is 17.1 Å². The van der Waals surface area contributed by atoms with E-state index in [9.17, 15) is 27.1 Å². The molecule has 1 atom stereocenters. The lowest BCUT2D eigenvalue weighted by Crippen LogP contribution is -2.26. The summed E-state index contributed by atoms with van der Waals surface area (Å²) in [5, 5.41) is 22.0. The van der Waals surface area contributed by atoms with E-state index >= 15 is 0 Å². The van der Waals surface area contributed by atoms with Crippen LogP contribution in [0.4, 0.5) is 22.0 Å². The smallest absolute Gasteiger partial charge is 0.490 e. The van der Waals surface area contributed by atoms with Gasteiger partial charge in [-0.15, -0.1) is 0 Å². The van der Waals surface area contributed by atoms with Crippen molar-refractivity contribution in [1.82, 2.24) is 10.3 Å². The minimum absolute atomic E-state index is 0.0455. The van der Waals surface area contributed by atoms with E-state index in [1.54, 1.807) is 18.3 Å². The second-order valence-corrected chi connectivity index (χ2v) is 7.29. The minimum Gasteiger partial charge on any atom is -0.505 e. The summed E-state index contributed by atoms with van der Waals surface area (Å²) in [6.07, 6.45) is -3.47. The van der Waals surface area contributed by atoms with Crippen LogP contribution in [0.3, 0.4) is 0 Å². The number of aromatic hydroxyl groups is 1. The Kier molecular flexibility index (Phi) is 8.09. The molecule has 0 amide bonds. The molecule has 0 aliphatic carbocycles. The molecule has 0 aliphatic rings. The molecule has 0 bridgehead atoms. The SMILES string of the molecule is CC(C)CNC(c1ccc(F)c(F)c1)c1ccc2cccnc2c1O.O=C(O)C(F)(F)F. The van der Waals surface area contributed by atoms with Gasteiger partial charge in [0.25, 0.3) is 0 Å². The predicted molar refractivity (Wildman–Crippen MR) is 108 cm³/mol. The van der Waals surface area contributed by atoms with Crippen LogP contribution in [0.25, 0.3) is 10.9 Å². The number of benzene rings is 2. The van der Waals surface area contributed by atoms with Crippen molar-refractivity contribution in [3.8, 4) is 5.75 Å². The fourth-order valence-electron chi connectivity index (χ4n) is 2.83. The molecule has 0 fully saturated rings. The molecule has 0 saturated heterocycles. The van der Waals surface area contributed by atoms with Gasteiger partial charge in [0.2, 0.25) is 0 Å². The molecule has 0 saturated carbocycles. The molecule has 3 aromatic rings. The largest absolute Gasteiger partial charge is 0.505 e. The third-order valence-corrected chi connectivity index (χ3v) is 4.34. The number of phenolic OH excluding ortho intramolecular Hbond substituents is 1. The molecule has 0 aliphatic heterocycles. The highest BCUT2D eigenvalue weighted by atomic mass is 19.4. The Balaban J connectivity index is 0.000000451. The topological polar surface area (TPSA) is 82.5 Å². The molecule has 1 aromatic heterocycles. The third-order valence-electron chi connectivity index (χ3n) is 4.34. The van der Waals surface area contributed by atoms with Crippen LogP contribution in [0.2, 0.25) is 0 Å². The Morgan fingerprint density at radius 3 is 2.31 bits per heavy atom. The van der Waals surface area contributed by atoms with Gasteiger partial charge in [0.15, 0.2) is 11.6 Å². The lowest BCUT2D eigenvalue weighted by Gasteiger charge is -2.22. The van der Waals surface area contributed by atoms with Crippen molar-refractivity contribution in [2.45, 2.75) is 26.1 Å². The summed E-state index contributed by atoms with van der Waals surface area (Å²) in [4.78, 5) is 13.1. The first kappa shape index (κ1) is 25.0. The molecule has 0 radical (unpaired) electrons. The van der Waals surface area contributed by atoms with Crippen molar-refractivity contribution < 1.29 is 37.0 Å². The zero-order chi connectivity index (χ0) is 24.1. The number of hydrogen-bond donors (Lipinski definition) is 3. The number of aliphatic carboxylic acids is 1. The Morgan fingerprint density at radius 2 is 1.75 bits per heavy atom. The summed E-state index contributed by atoms with van der Waals surface area (Å²) in [6, 6.07) is 10.6. The van der Waals surface area contributed by atoms with E-state index in [4.69, 9.17) is 9.90 Å². The molecule has 2 aromatic carbocycles. The van der Waals surface area contributed by atoms with Gasteiger partial charge in [-0.2, -0.15) is 13.2 Å². The van der Waals surface area contributed by atoms with Crippen LogP contribution in [0.1, 0.15) is 31.0 Å². The molecule has 10 heteroatoms. The van der Waals surface area contributed by atoms with E-state index in [0.717, 1.165) is 17.5 Å². The van der Waals surface area contributed by atoms with Crippen LogP contribution in [0.5, 0.6) is 5.75 Å². The molecular weight excluding hydrogens is 435 g/mol. The quantitative estimate of drug-likeness (QED) is 0.461. The van der Waals surface area contributed by atoms with Crippen molar-refractivity contribution in [3.05, 3.63) is 71.4 Å². The fourth-order valence-corrected chi connectivity index (χ4v) is 2.83. The summed E-state index contributed by atoms with van der Waals surface area (Å²) < 4.78 is 58.8. The molecule has 5 nitrogen and oxygen atoms in total. The predicted octanol–water partition coefficient (Wildman–Crippen LogP) is 5.19.